The van der Waals surface area contributed by atoms with Gasteiger partial charge < -0.3 is 10.6 Å². The van der Waals surface area contributed by atoms with Crippen LogP contribution in [0.15, 0.2) is 6.20 Å². The van der Waals surface area contributed by atoms with E-state index in [2.05, 4.69) is 43.9 Å². The van der Waals surface area contributed by atoms with E-state index in [1.165, 1.54) is 0 Å². The van der Waals surface area contributed by atoms with E-state index in [9.17, 15) is 0 Å². The summed E-state index contributed by atoms with van der Waals surface area (Å²) >= 11 is 0. The highest BCUT2D eigenvalue weighted by Gasteiger charge is 2.21. The number of likely N-dealkylation sites (N-methyl/N-ethyl adjacent to an activating group) is 1. The van der Waals surface area contributed by atoms with Gasteiger partial charge in [0.05, 0.1) is 18.1 Å². The van der Waals surface area contributed by atoms with Crippen LogP contribution in [0.25, 0.3) is 16.7 Å². The fourth-order valence-electron chi connectivity index (χ4n) is 3.32. The number of nitrogen functional groups attached to an aromatic ring is 1. The van der Waals surface area contributed by atoms with Crippen LogP contribution in [0.4, 0.5) is 5.95 Å². The third kappa shape index (κ3) is 2.49. The summed E-state index contributed by atoms with van der Waals surface area (Å²) in [5.74, 6) is 1.02. The van der Waals surface area contributed by atoms with Crippen molar-refractivity contribution in [1.82, 2.24) is 39.2 Å². The first-order valence-electron chi connectivity index (χ1n) is 8.30. The third-order valence-corrected chi connectivity index (χ3v) is 4.80. The van der Waals surface area contributed by atoms with Crippen molar-refractivity contribution >= 4 is 22.6 Å². The monoisotopic (exact) mass is 329 g/mol. The highest BCUT2D eigenvalue weighted by atomic mass is 15.4. The molecule has 0 bridgehead atoms. The molecule has 1 fully saturated rings. The highest BCUT2D eigenvalue weighted by Crippen LogP contribution is 2.20. The van der Waals surface area contributed by atoms with Crippen molar-refractivity contribution in [1.29, 1.82) is 0 Å². The van der Waals surface area contributed by atoms with Crippen molar-refractivity contribution in [3.8, 4) is 0 Å². The maximum absolute atomic E-state index is 6.04. The van der Waals surface area contributed by atoms with Crippen LogP contribution in [0.5, 0.6) is 0 Å². The molecule has 0 aromatic carbocycles. The van der Waals surface area contributed by atoms with E-state index in [1.54, 1.807) is 4.52 Å². The molecule has 0 amide bonds. The number of rotatable bonds is 3. The van der Waals surface area contributed by atoms with Gasteiger partial charge >= 0.3 is 0 Å². The highest BCUT2D eigenvalue weighted by molar-refractivity contribution is 5.89. The zero-order valence-corrected chi connectivity index (χ0v) is 14.3. The number of piperazine rings is 1. The largest absolute Gasteiger partial charge is 0.368 e. The van der Waals surface area contributed by atoms with E-state index < -0.39 is 0 Å². The molecule has 3 aromatic heterocycles. The Morgan fingerprint density at radius 2 is 1.92 bits per heavy atom. The zero-order valence-electron chi connectivity index (χ0n) is 14.3. The fraction of sp³-hybridized carbons (Fsp3) is 0.600. The van der Waals surface area contributed by atoms with Crippen LogP contribution in [0.1, 0.15) is 12.7 Å². The number of aromatic nitrogens is 6. The lowest BCUT2D eigenvalue weighted by atomic mass is 10.2. The van der Waals surface area contributed by atoms with Gasteiger partial charge in [-0.05, 0) is 20.9 Å². The second-order valence-electron chi connectivity index (χ2n) is 6.62. The van der Waals surface area contributed by atoms with Crippen molar-refractivity contribution in [3.05, 3.63) is 12.0 Å². The summed E-state index contributed by atoms with van der Waals surface area (Å²) in [6, 6.07) is 0.389. The predicted octanol–water partition coefficient (Wildman–Crippen LogP) is 0.000520. The Bertz CT molecular complexity index is 872. The number of anilines is 1. The van der Waals surface area contributed by atoms with Crippen molar-refractivity contribution < 1.29 is 0 Å². The number of hydrogen-bond acceptors (Lipinski definition) is 7. The van der Waals surface area contributed by atoms with Crippen LogP contribution in [-0.2, 0) is 6.54 Å². The maximum atomic E-state index is 6.04. The van der Waals surface area contributed by atoms with Crippen LogP contribution in [0.3, 0.4) is 0 Å². The lowest BCUT2D eigenvalue weighted by Crippen LogP contribution is -2.49. The van der Waals surface area contributed by atoms with Crippen molar-refractivity contribution in [2.75, 3.05) is 39.0 Å². The predicted molar refractivity (Wildman–Crippen MR) is 91.8 cm³/mol. The molecule has 1 saturated heterocycles. The minimum Gasteiger partial charge on any atom is -0.368 e. The van der Waals surface area contributed by atoms with Crippen molar-refractivity contribution in [2.45, 2.75) is 26.4 Å². The minimum atomic E-state index is 0.340. The van der Waals surface area contributed by atoms with E-state index in [0.29, 0.717) is 23.5 Å². The smallest absolute Gasteiger partial charge is 0.225 e. The topological polar surface area (TPSA) is 93.4 Å². The Morgan fingerprint density at radius 3 is 2.67 bits per heavy atom. The summed E-state index contributed by atoms with van der Waals surface area (Å²) in [6.07, 6.45) is 1.81. The van der Waals surface area contributed by atoms with Gasteiger partial charge in [0.15, 0.2) is 11.3 Å². The standard InChI is InChI=1S/C15H23N9/c1-10(22-6-4-21(3)5-7-22)9-23-13-12(8-17-23)14-18-11(2)20-24(14)15(16)19-13/h8,10H,4-7,9H2,1-3H3,(H2,16,19). The van der Waals surface area contributed by atoms with Crippen LogP contribution < -0.4 is 5.73 Å². The van der Waals surface area contributed by atoms with Crippen LogP contribution >= 0.6 is 0 Å². The Morgan fingerprint density at radius 1 is 1.17 bits per heavy atom. The molecular formula is C15H23N9. The minimum absolute atomic E-state index is 0.340. The van der Waals surface area contributed by atoms with E-state index >= 15 is 0 Å². The molecule has 1 aliphatic rings. The lowest BCUT2D eigenvalue weighted by molar-refractivity contribution is 0.109. The summed E-state index contributed by atoms with van der Waals surface area (Å²) in [6.45, 7) is 9.24. The summed E-state index contributed by atoms with van der Waals surface area (Å²) < 4.78 is 3.51. The molecular weight excluding hydrogens is 306 g/mol. The molecule has 1 atom stereocenters. The first-order chi connectivity index (χ1) is 11.5. The first kappa shape index (κ1) is 15.3. The number of hydrogen-bond donors (Lipinski definition) is 1. The number of aryl methyl sites for hydroxylation is 1. The summed E-state index contributed by atoms with van der Waals surface area (Å²) in [4.78, 5) is 13.8. The normalized spacial score (nSPS) is 18.6. The van der Waals surface area contributed by atoms with E-state index in [4.69, 9.17) is 5.73 Å². The van der Waals surface area contributed by atoms with E-state index in [0.717, 1.165) is 43.8 Å². The first-order valence-corrected chi connectivity index (χ1v) is 8.30. The van der Waals surface area contributed by atoms with Gasteiger partial charge in [-0.25, -0.2) is 9.67 Å². The third-order valence-electron chi connectivity index (χ3n) is 4.80. The molecule has 24 heavy (non-hydrogen) atoms. The molecule has 2 N–H and O–H groups in total. The SMILES string of the molecule is Cc1nc2c3cnn(CC(C)N4CCN(C)CC4)c3nc(N)n2n1. The molecule has 4 heterocycles. The van der Waals surface area contributed by atoms with Gasteiger partial charge in [0.2, 0.25) is 5.95 Å². The Kier molecular flexibility index (Phi) is 3.61. The molecule has 128 valence electrons. The Labute approximate surface area is 140 Å². The van der Waals surface area contributed by atoms with Crippen molar-refractivity contribution in [2.24, 2.45) is 0 Å². The van der Waals surface area contributed by atoms with Gasteiger partial charge in [0, 0.05) is 32.2 Å². The van der Waals surface area contributed by atoms with E-state index in [1.807, 2.05) is 17.8 Å². The van der Waals surface area contributed by atoms with Crippen LogP contribution in [0, 0.1) is 6.92 Å². The number of fused-ring (bicyclic) bond motifs is 3. The van der Waals surface area contributed by atoms with Crippen molar-refractivity contribution in [3.63, 3.8) is 0 Å². The summed E-state index contributed by atoms with van der Waals surface area (Å²) in [5.41, 5.74) is 7.53. The number of nitrogens with two attached hydrogens (primary N) is 1. The van der Waals surface area contributed by atoms with Gasteiger partial charge in [0.1, 0.15) is 5.82 Å². The quantitative estimate of drug-likeness (QED) is 0.723. The van der Waals surface area contributed by atoms with Crippen LogP contribution in [0.2, 0.25) is 0 Å². The molecule has 1 aliphatic heterocycles. The summed E-state index contributed by atoms with van der Waals surface area (Å²) in [7, 11) is 2.17. The molecule has 0 radical (unpaired) electrons. The lowest BCUT2D eigenvalue weighted by Gasteiger charge is -2.36. The molecule has 0 spiro atoms. The summed E-state index contributed by atoms with van der Waals surface area (Å²) in [5, 5.41) is 9.69. The van der Waals surface area contributed by atoms with E-state index in [-0.39, 0.29) is 0 Å². The second-order valence-corrected chi connectivity index (χ2v) is 6.62. The molecule has 4 rings (SSSR count). The second kappa shape index (κ2) is 5.67. The average molecular weight is 329 g/mol. The molecule has 0 aliphatic carbocycles. The Hall–Kier alpha value is -2.26. The molecule has 0 saturated carbocycles. The maximum Gasteiger partial charge on any atom is 0.225 e. The molecule has 3 aromatic rings. The van der Waals surface area contributed by atoms with Crippen LogP contribution in [-0.4, -0.2) is 78.4 Å². The molecule has 1 unspecified atom stereocenters. The average Bonchev–Trinajstić information content (AvgIpc) is 3.12. The van der Waals surface area contributed by atoms with Gasteiger partial charge in [-0.15, -0.1) is 5.10 Å². The van der Waals surface area contributed by atoms with Gasteiger partial charge in [0.25, 0.3) is 0 Å². The van der Waals surface area contributed by atoms with Gasteiger partial charge in [-0.2, -0.15) is 14.6 Å². The molecule has 9 nitrogen and oxygen atoms in total. The zero-order chi connectivity index (χ0) is 16.8. The molecule has 9 heteroatoms. The number of nitrogens with zero attached hydrogens (tertiary/aromatic N) is 8. The Balaban J connectivity index is 1.65. The van der Waals surface area contributed by atoms with Gasteiger partial charge in [-0.3, -0.25) is 4.90 Å². The van der Waals surface area contributed by atoms with Gasteiger partial charge in [-0.1, -0.05) is 0 Å². The fourth-order valence-corrected chi connectivity index (χ4v) is 3.32.